The first-order chi connectivity index (χ1) is 9.52. The normalized spacial score (nSPS) is 13.8. The van der Waals surface area contributed by atoms with Crippen molar-refractivity contribution in [1.82, 2.24) is 10.2 Å². The van der Waals surface area contributed by atoms with E-state index < -0.39 is 11.9 Å². The van der Waals surface area contributed by atoms with E-state index in [9.17, 15) is 14.7 Å². The number of aliphatic carboxylic acids is 1. The van der Waals surface area contributed by atoms with E-state index in [1.807, 2.05) is 0 Å². The summed E-state index contributed by atoms with van der Waals surface area (Å²) in [7, 11) is 0. The van der Waals surface area contributed by atoms with Gasteiger partial charge in [0.15, 0.2) is 0 Å². The third-order valence-corrected chi connectivity index (χ3v) is 5.15. The van der Waals surface area contributed by atoms with Crippen LogP contribution < -0.4 is 4.90 Å². The summed E-state index contributed by atoms with van der Waals surface area (Å²) in [6, 6.07) is -0.213. The topological polar surface area (TPSA) is 83.4 Å². The van der Waals surface area contributed by atoms with Gasteiger partial charge in [0, 0.05) is 6.04 Å². The first kappa shape index (κ1) is 15.1. The maximum atomic E-state index is 12.6. The van der Waals surface area contributed by atoms with Crippen LogP contribution in [0.3, 0.4) is 0 Å². The summed E-state index contributed by atoms with van der Waals surface area (Å²) in [5, 5.41) is 20.8. The molecule has 0 aromatic carbocycles. The lowest BCUT2D eigenvalue weighted by atomic mass is 10.2. The largest absolute Gasteiger partial charge is 0.477 e. The van der Waals surface area contributed by atoms with Gasteiger partial charge < -0.3 is 5.11 Å². The van der Waals surface area contributed by atoms with Gasteiger partial charge in [-0.2, -0.15) is 0 Å². The molecule has 2 heterocycles. The van der Waals surface area contributed by atoms with Gasteiger partial charge in [0.05, 0.1) is 4.24 Å². The van der Waals surface area contributed by atoms with Crippen molar-refractivity contribution in [1.29, 1.82) is 0 Å². The highest BCUT2D eigenvalue weighted by molar-refractivity contribution is 8.27. The molecule has 0 radical (unpaired) electrons. The number of amides is 1. The van der Waals surface area contributed by atoms with Gasteiger partial charge in [-0.25, -0.2) is 4.79 Å². The van der Waals surface area contributed by atoms with Crippen molar-refractivity contribution in [2.24, 2.45) is 0 Å². The van der Waals surface area contributed by atoms with E-state index in [0.29, 0.717) is 9.37 Å². The Balaban J connectivity index is 2.40. The number of aromatic nitrogens is 2. The highest BCUT2D eigenvalue weighted by Crippen LogP contribution is 2.40. The standard InChI is InChI=1S/C11H11N3O3S3/c1-6(2)14(11-13-12-5-20-11)8(15)7(9(16)17)10-18-3-4-19-10/h3-6H,1-2H3,(H,16,17). The van der Waals surface area contributed by atoms with Gasteiger partial charge in [0.1, 0.15) is 11.1 Å². The lowest BCUT2D eigenvalue weighted by molar-refractivity contribution is -0.134. The first-order valence-corrected chi connectivity index (χ1v) is 8.22. The second-order valence-electron chi connectivity index (χ2n) is 3.97. The Morgan fingerprint density at radius 2 is 1.95 bits per heavy atom. The van der Waals surface area contributed by atoms with Crippen molar-refractivity contribution in [3.63, 3.8) is 0 Å². The molecule has 0 atom stereocenters. The Kier molecular flexibility index (Phi) is 4.84. The number of anilines is 1. The zero-order valence-corrected chi connectivity index (χ0v) is 13.1. The van der Waals surface area contributed by atoms with E-state index in [2.05, 4.69) is 10.2 Å². The van der Waals surface area contributed by atoms with Crippen molar-refractivity contribution in [2.45, 2.75) is 19.9 Å². The number of rotatable bonds is 4. The molecular formula is C11H11N3O3S3. The molecule has 0 unspecified atom stereocenters. The van der Waals surface area contributed by atoms with Crippen molar-refractivity contribution >= 4 is 51.9 Å². The molecule has 1 aromatic heterocycles. The van der Waals surface area contributed by atoms with Crippen LogP contribution in [0.25, 0.3) is 0 Å². The van der Waals surface area contributed by atoms with E-state index in [-0.39, 0.29) is 11.6 Å². The maximum Gasteiger partial charge on any atom is 0.343 e. The summed E-state index contributed by atoms with van der Waals surface area (Å²) in [6.45, 7) is 3.60. The minimum Gasteiger partial charge on any atom is -0.477 e. The Hall–Kier alpha value is -1.32. The van der Waals surface area contributed by atoms with Crippen LogP contribution in [0.4, 0.5) is 5.13 Å². The van der Waals surface area contributed by atoms with Crippen molar-refractivity contribution in [2.75, 3.05) is 4.90 Å². The molecule has 2 rings (SSSR count). The maximum absolute atomic E-state index is 12.6. The Morgan fingerprint density at radius 3 is 2.40 bits per heavy atom. The SMILES string of the molecule is CC(C)N(C(=O)C(C(=O)O)=C1SC=CS1)c1nncs1. The molecule has 0 aliphatic carbocycles. The molecule has 1 aliphatic rings. The quantitative estimate of drug-likeness (QED) is 0.516. The van der Waals surface area contributed by atoms with Gasteiger partial charge in [-0.05, 0) is 24.7 Å². The molecular weight excluding hydrogens is 318 g/mol. The lowest BCUT2D eigenvalue weighted by Crippen LogP contribution is -2.39. The van der Waals surface area contributed by atoms with Crippen LogP contribution >= 0.6 is 34.9 Å². The molecule has 106 valence electrons. The summed E-state index contributed by atoms with van der Waals surface area (Å²) in [4.78, 5) is 25.4. The molecule has 9 heteroatoms. The molecule has 6 nitrogen and oxygen atoms in total. The monoisotopic (exact) mass is 329 g/mol. The van der Waals surface area contributed by atoms with Gasteiger partial charge in [0.25, 0.3) is 5.91 Å². The van der Waals surface area contributed by atoms with Gasteiger partial charge in [-0.3, -0.25) is 9.69 Å². The fourth-order valence-corrected chi connectivity index (χ4v) is 4.05. The van der Waals surface area contributed by atoms with Gasteiger partial charge >= 0.3 is 5.97 Å². The number of thioether (sulfide) groups is 2. The Bertz CT molecular complexity index is 571. The Labute approximate surface area is 128 Å². The summed E-state index contributed by atoms with van der Waals surface area (Å²) in [6.07, 6.45) is 0. The summed E-state index contributed by atoms with van der Waals surface area (Å²) >= 11 is 3.67. The summed E-state index contributed by atoms with van der Waals surface area (Å²) in [5.74, 6) is -1.80. The molecule has 20 heavy (non-hydrogen) atoms. The Morgan fingerprint density at radius 1 is 1.30 bits per heavy atom. The number of carbonyl (C=O) groups is 2. The van der Waals surface area contributed by atoms with Crippen LogP contribution in [0, 0.1) is 0 Å². The van der Waals surface area contributed by atoms with Crippen LogP contribution in [0.5, 0.6) is 0 Å². The van der Waals surface area contributed by atoms with Gasteiger partial charge in [-0.15, -0.1) is 10.2 Å². The van der Waals surface area contributed by atoms with E-state index in [0.717, 1.165) is 0 Å². The number of carboxylic acids is 1. The third kappa shape index (κ3) is 3.05. The molecule has 1 N–H and O–H groups in total. The average molecular weight is 329 g/mol. The van der Waals surface area contributed by atoms with Gasteiger partial charge in [0.2, 0.25) is 5.13 Å². The predicted molar refractivity (Wildman–Crippen MR) is 81.5 cm³/mol. The third-order valence-electron chi connectivity index (χ3n) is 2.33. The fraction of sp³-hybridized carbons (Fsp3) is 0.273. The number of carboxylic acid groups (broad SMARTS) is 1. The number of hydrogen-bond donors (Lipinski definition) is 1. The van der Waals surface area contributed by atoms with Crippen LogP contribution in [0.2, 0.25) is 0 Å². The van der Waals surface area contributed by atoms with E-state index in [1.165, 1.54) is 45.3 Å². The molecule has 0 bridgehead atoms. The molecule has 0 fully saturated rings. The second kappa shape index (κ2) is 6.42. The summed E-state index contributed by atoms with van der Waals surface area (Å²) in [5.41, 5.74) is 1.28. The van der Waals surface area contributed by atoms with Crippen LogP contribution in [-0.4, -0.2) is 33.2 Å². The smallest absolute Gasteiger partial charge is 0.343 e. The average Bonchev–Trinajstić information content (AvgIpc) is 3.01. The summed E-state index contributed by atoms with van der Waals surface area (Å²) < 4.78 is 0.470. The molecule has 0 spiro atoms. The first-order valence-electron chi connectivity index (χ1n) is 5.58. The van der Waals surface area contributed by atoms with Crippen LogP contribution in [-0.2, 0) is 9.59 Å². The van der Waals surface area contributed by atoms with Crippen molar-refractivity contribution < 1.29 is 14.7 Å². The zero-order chi connectivity index (χ0) is 14.7. The molecule has 1 amide bonds. The predicted octanol–water partition coefficient (Wildman–Crippen LogP) is 2.53. The van der Waals surface area contributed by atoms with Crippen molar-refractivity contribution in [3.05, 3.63) is 26.1 Å². The minimum atomic E-state index is -1.23. The van der Waals surface area contributed by atoms with Gasteiger partial charge in [-0.1, -0.05) is 34.9 Å². The lowest BCUT2D eigenvalue weighted by Gasteiger charge is -2.24. The van der Waals surface area contributed by atoms with Crippen LogP contribution in [0.15, 0.2) is 26.1 Å². The highest BCUT2D eigenvalue weighted by atomic mass is 32.2. The molecule has 1 aliphatic heterocycles. The van der Waals surface area contributed by atoms with Crippen LogP contribution in [0.1, 0.15) is 13.8 Å². The molecule has 0 saturated heterocycles. The second-order valence-corrected chi connectivity index (χ2v) is 6.87. The molecule has 0 saturated carbocycles. The number of hydrogen-bond acceptors (Lipinski definition) is 7. The van der Waals surface area contributed by atoms with E-state index in [4.69, 9.17) is 0 Å². The van der Waals surface area contributed by atoms with Crippen molar-refractivity contribution in [3.8, 4) is 0 Å². The number of nitrogens with zero attached hydrogens (tertiary/aromatic N) is 3. The zero-order valence-electron chi connectivity index (χ0n) is 10.6. The molecule has 1 aromatic rings. The minimum absolute atomic E-state index is 0.213. The fourth-order valence-electron chi connectivity index (χ4n) is 1.53. The number of carbonyl (C=O) groups excluding carboxylic acids is 1. The van der Waals surface area contributed by atoms with E-state index >= 15 is 0 Å². The van der Waals surface area contributed by atoms with E-state index in [1.54, 1.807) is 24.7 Å². The highest BCUT2D eigenvalue weighted by Gasteiger charge is 2.32.